The lowest BCUT2D eigenvalue weighted by atomic mass is 10.0. The minimum atomic E-state index is -0.682. The second-order valence-corrected chi connectivity index (χ2v) is 20.7. The lowest BCUT2D eigenvalue weighted by molar-refractivity contribution is -0.143. The molecule has 0 aliphatic rings. The van der Waals surface area contributed by atoms with Gasteiger partial charge in [-0.25, -0.2) is 0 Å². The van der Waals surface area contributed by atoms with E-state index < -0.39 is 12.1 Å². The van der Waals surface area contributed by atoms with Crippen molar-refractivity contribution < 1.29 is 24.5 Å². The first-order valence-corrected chi connectivity index (χ1v) is 29.9. The van der Waals surface area contributed by atoms with Crippen LogP contribution in [0.1, 0.15) is 335 Å². The van der Waals surface area contributed by atoms with Gasteiger partial charge in [-0.05, 0) is 51.4 Å². The molecule has 0 fully saturated rings. The van der Waals surface area contributed by atoms with Gasteiger partial charge in [0.05, 0.1) is 25.4 Å². The van der Waals surface area contributed by atoms with Crippen LogP contribution >= 0.6 is 0 Å². The fourth-order valence-corrected chi connectivity index (χ4v) is 9.46. The molecule has 0 heterocycles. The molecule has 2 atom stereocenters. The molecule has 0 aromatic carbocycles. The van der Waals surface area contributed by atoms with Crippen molar-refractivity contribution in [3.63, 3.8) is 0 Å². The van der Waals surface area contributed by atoms with E-state index in [1.807, 2.05) is 0 Å². The largest absolute Gasteiger partial charge is 0.466 e. The molecule has 0 aliphatic heterocycles. The second kappa shape index (κ2) is 56.2. The second-order valence-electron chi connectivity index (χ2n) is 20.7. The number of aliphatic hydroxyl groups excluding tert-OH is 2. The van der Waals surface area contributed by atoms with Gasteiger partial charge in [-0.1, -0.05) is 283 Å². The van der Waals surface area contributed by atoms with Gasteiger partial charge in [-0.15, -0.1) is 0 Å². The molecule has 66 heavy (non-hydrogen) atoms. The van der Waals surface area contributed by atoms with Crippen molar-refractivity contribution in [2.24, 2.45) is 0 Å². The Hall–Kier alpha value is -1.40. The zero-order valence-corrected chi connectivity index (χ0v) is 44.7. The molecule has 0 aromatic rings. The fraction of sp³-hybridized carbons (Fsp3) is 0.933. The molecule has 392 valence electrons. The molecule has 0 radical (unpaired) electrons. The summed E-state index contributed by atoms with van der Waals surface area (Å²) in [4.78, 5) is 24.6. The van der Waals surface area contributed by atoms with Gasteiger partial charge in [0.15, 0.2) is 0 Å². The highest BCUT2D eigenvalue weighted by molar-refractivity contribution is 5.76. The summed E-state index contributed by atoms with van der Waals surface area (Å²) in [7, 11) is 0. The smallest absolute Gasteiger partial charge is 0.305 e. The Bertz CT molecular complexity index is 986. The van der Waals surface area contributed by atoms with Crippen LogP contribution in [0.3, 0.4) is 0 Å². The van der Waals surface area contributed by atoms with Crippen molar-refractivity contribution in [3.8, 4) is 0 Å². The first kappa shape index (κ1) is 64.6. The van der Waals surface area contributed by atoms with Crippen molar-refractivity contribution in [1.82, 2.24) is 5.32 Å². The standard InChI is InChI=1S/C60H117NO5/c1-3-5-7-9-11-13-15-17-19-21-23-24-25-27-29-32-36-40-44-48-52-58(63)57(56-62)61-59(64)53-49-45-41-37-33-31-35-39-43-47-51-55-66-60(65)54-50-46-42-38-34-30-28-26-22-20-18-16-14-12-10-8-6-4-2/h35,39,57-58,62-63H,3-34,36-38,40-56H2,1-2H3,(H,61,64)/b39-35-. The van der Waals surface area contributed by atoms with E-state index in [-0.39, 0.29) is 18.5 Å². The highest BCUT2D eigenvalue weighted by atomic mass is 16.5. The number of aliphatic hydroxyl groups is 2. The summed E-state index contributed by atoms with van der Waals surface area (Å²) in [5.41, 5.74) is 0. The Morgan fingerprint density at radius 2 is 0.712 bits per heavy atom. The number of carbonyl (C=O) groups is 2. The van der Waals surface area contributed by atoms with E-state index in [0.29, 0.717) is 25.9 Å². The first-order valence-electron chi connectivity index (χ1n) is 29.9. The maximum Gasteiger partial charge on any atom is 0.305 e. The van der Waals surface area contributed by atoms with Gasteiger partial charge in [-0.3, -0.25) is 9.59 Å². The summed E-state index contributed by atoms with van der Waals surface area (Å²) in [6, 6.07) is -0.562. The lowest BCUT2D eigenvalue weighted by Gasteiger charge is -2.22. The van der Waals surface area contributed by atoms with E-state index in [1.165, 1.54) is 225 Å². The quantitative estimate of drug-likeness (QED) is 0.0321. The van der Waals surface area contributed by atoms with Crippen LogP contribution in [-0.4, -0.2) is 47.4 Å². The monoisotopic (exact) mass is 932 g/mol. The predicted octanol–water partition coefficient (Wildman–Crippen LogP) is 18.5. The van der Waals surface area contributed by atoms with Gasteiger partial charge in [0.25, 0.3) is 0 Å². The molecule has 0 aromatic heterocycles. The summed E-state index contributed by atoms with van der Waals surface area (Å²) in [5, 5.41) is 23.3. The minimum Gasteiger partial charge on any atom is -0.466 e. The number of hydrogen-bond donors (Lipinski definition) is 3. The Balaban J connectivity index is 3.47. The van der Waals surface area contributed by atoms with E-state index in [4.69, 9.17) is 4.74 Å². The van der Waals surface area contributed by atoms with Gasteiger partial charge in [0, 0.05) is 12.8 Å². The highest BCUT2D eigenvalue weighted by Crippen LogP contribution is 2.18. The number of allylic oxidation sites excluding steroid dienone is 2. The zero-order chi connectivity index (χ0) is 47.9. The normalized spacial score (nSPS) is 12.6. The molecular formula is C60H117NO5. The van der Waals surface area contributed by atoms with Crippen LogP contribution in [0.4, 0.5) is 0 Å². The molecule has 2 unspecified atom stereocenters. The predicted molar refractivity (Wildman–Crippen MR) is 287 cm³/mol. The van der Waals surface area contributed by atoms with Gasteiger partial charge < -0.3 is 20.3 Å². The van der Waals surface area contributed by atoms with Crippen LogP contribution in [0.15, 0.2) is 12.2 Å². The molecule has 3 N–H and O–H groups in total. The van der Waals surface area contributed by atoms with Gasteiger partial charge in [0.2, 0.25) is 5.91 Å². The Kier molecular flexibility index (Phi) is 55.0. The third-order valence-electron chi connectivity index (χ3n) is 14.1. The topological polar surface area (TPSA) is 95.9 Å². The highest BCUT2D eigenvalue weighted by Gasteiger charge is 2.20. The SMILES string of the molecule is CCCCCCCCCCCCCCCCCCCCCCC(O)C(CO)NC(=O)CCCCCCC/C=C\CCCCOC(=O)CCCCCCCCCCCCCCCCCCCC. The average Bonchev–Trinajstić information content (AvgIpc) is 3.32. The summed E-state index contributed by atoms with van der Waals surface area (Å²) in [6.07, 6.45) is 66.4. The first-order chi connectivity index (χ1) is 32.5. The Labute approximate surface area is 412 Å². The lowest BCUT2D eigenvalue weighted by Crippen LogP contribution is -2.45. The Morgan fingerprint density at radius 1 is 0.409 bits per heavy atom. The molecular weight excluding hydrogens is 815 g/mol. The van der Waals surface area contributed by atoms with Crippen molar-refractivity contribution in [3.05, 3.63) is 12.2 Å². The summed E-state index contributed by atoms with van der Waals surface area (Å²) in [6.45, 7) is 4.91. The number of ether oxygens (including phenoxy) is 1. The number of carbonyl (C=O) groups excluding carboxylic acids is 2. The van der Waals surface area contributed by atoms with E-state index in [0.717, 1.165) is 77.0 Å². The minimum absolute atomic E-state index is 0.0257. The summed E-state index contributed by atoms with van der Waals surface area (Å²) in [5.74, 6) is -0.0858. The molecule has 0 bridgehead atoms. The van der Waals surface area contributed by atoms with E-state index in [1.54, 1.807) is 0 Å². The fourth-order valence-electron chi connectivity index (χ4n) is 9.46. The molecule has 0 saturated heterocycles. The number of rotatable bonds is 56. The van der Waals surface area contributed by atoms with Crippen molar-refractivity contribution in [2.75, 3.05) is 13.2 Å². The van der Waals surface area contributed by atoms with Crippen molar-refractivity contribution in [2.45, 2.75) is 347 Å². The summed E-state index contributed by atoms with van der Waals surface area (Å²) >= 11 is 0. The molecule has 0 aliphatic carbocycles. The molecule has 6 heteroatoms. The number of esters is 1. The molecule has 1 amide bonds. The third-order valence-corrected chi connectivity index (χ3v) is 14.1. The number of unbranched alkanes of at least 4 members (excludes halogenated alkanes) is 43. The van der Waals surface area contributed by atoms with Crippen molar-refractivity contribution in [1.29, 1.82) is 0 Å². The van der Waals surface area contributed by atoms with Crippen LogP contribution in [0.5, 0.6) is 0 Å². The molecule has 0 spiro atoms. The Morgan fingerprint density at radius 3 is 1.08 bits per heavy atom. The number of amides is 1. The molecule has 0 rings (SSSR count). The van der Waals surface area contributed by atoms with Crippen LogP contribution in [0.25, 0.3) is 0 Å². The molecule has 0 saturated carbocycles. The van der Waals surface area contributed by atoms with Crippen molar-refractivity contribution >= 4 is 11.9 Å². The maximum absolute atomic E-state index is 12.5. The van der Waals surface area contributed by atoms with E-state index >= 15 is 0 Å². The van der Waals surface area contributed by atoms with Crippen LogP contribution < -0.4 is 5.32 Å². The number of hydrogen-bond acceptors (Lipinski definition) is 5. The van der Waals surface area contributed by atoms with Gasteiger partial charge in [0.1, 0.15) is 0 Å². The van der Waals surface area contributed by atoms with E-state index in [9.17, 15) is 19.8 Å². The molecule has 6 nitrogen and oxygen atoms in total. The van der Waals surface area contributed by atoms with E-state index in [2.05, 4.69) is 31.3 Å². The maximum atomic E-state index is 12.5. The van der Waals surface area contributed by atoms with Crippen LogP contribution in [-0.2, 0) is 14.3 Å². The summed E-state index contributed by atoms with van der Waals surface area (Å²) < 4.78 is 5.46. The number of nitrogens with one attached hydrogen (secondary N) is 1. The third kappa shape index (κ3) is 52.0. The van der Waals surface area contributed by atoms with Crippen LogP contribution in [0.2, 0.25) is 0 Å². The van der Waals surface area contributed by atoms with Gasteiger partial charge in [-0.2, -0.15) is 0 Å². The zero-order valence-electron chi connectivity index (χ0n) is 44.7. The van der Waals surface area contributed by atoms with Crippen LogP contribution in [0, 0.1) is 0 Å². The van der Waals surface area contributed by atoms with Gasteiger partial charge >= 0.3 is 5.97 Å². The average molecular weight is 933 g/mol.